The smallest absolute Gasteiger partial charge is 0.241 e. The molecule has 2 amide bonds. The number of halogens is 1. The lowest BCUT2D eigenvalue weighted by Crippen LogP contribution is -2.48. The molecule has 0 spiro atoms. The highest BCUT2D eigenvalue weighted by Gasteiger charge is 2.38. The summed E-state index contributed by atoms with van der Waals surface area (Å²) in [6.07, 6.45) is 1.56. The molecule has 3 rings (SSSR count). The van der Waals surface area contributed by atoms with Crippen molar-refractivity contribution >= 4 is 11.8 Å². The highest BCUT2D eigenvalue weighted by molar-refractivity contribution is 5.86. The van der Waals surface area contributed by atoms with E-state index in [0.717, 1.165) is 17.5 Å². The summed E-state index contributed by atoms with van der Waals surface area (Å²) in [6.45, 7) is 1.01. The van der Waals surface area contributed by atoms with Gasteiger partial charge in [-0.05, 0) is 36.1 Å². The van der Waals surface area contributed by atoms with Gasteiger partial charge in [0, 0.05) is 20.1 Å². The summed E-state index contributed by atoms with van der Waals surface area (Å²) in [5, 5.41) is 5.63. The number of nitrogens with one attached hydrogen (secondary N) is 2. The Bertz CT molecular complexity index is 780. The van der Waals surface area contributed by atoms with Crippen LogP contribution >= 0.6 is 0 Å². The van der Waals surface area contributed by atoms with E-state index in [2.05, 4.69) is 10.6 Å². The molecule has 2 atom stereocenters. The van der Waals surface area contributed by atoms with Crippen molar-refractivity contribution in [2.24, 2.45) is 0 Å². The van der Waals surface area contributed by atoms with E-state index >= 15 is 0 Å². The molecule has 5 nitrogen and oxygen atoms in total. The van der Waals surface area contributed by atoms with Gasteiger partial charge in [-0.25, -0.2) is 4.39 Å². The van der Waals surface area contributed by atoms with Gasteiger partial charge in [0.2, 0.25) is 11.8 Å². The van der Waals surface area contributed by atoms with Crippen LogP contribution in [0.5, 0.6) is 0 Å². The quantitative estimate of drug-likeness (QED) is 0.822. The monoisotopic (exact) mass is 369 g/mol. The van der Waals surface area contributed by atoms with E-state index in [-0.39, 0.29) is 23.7 Å². The van der Waals surface area contributed by atoms with Crippen LogP contribution in [0, 0.1) is 5.82 Å². The molecule has 142 valence electrons. The first kappa shape index (κ1) is 19.0. The topological polar surface area (TPSA) is 61.4 Å². The van der Waals surface area contributed by atoms with Crippen molar-refractivity contribution in [2.75, 3.05) is 13.6 Å². The molecule has 1 fully saturated rings. The van der Waals surface area contributed by atoms with Gasteiger partial charge >= 0.3 is 0 Å². The Kier molecular flexibility index (Phi) is 6.19. The molecule has 0 bridgehead atoms. The normalized spacial score (nSPS) is 18.1. The van der Waals surface area contributed by atoms with Crippen LogP contribution in [0.1, 0.15) is 30.0 Å². The summed E-state index contributed by atoms with van der Waals surface area (Å²) in [6, 6.07) is 14.7. The second-order valence-corrected chi connectivity index (χ2v) is 6.67. The Morgan fingerprint density at radius 3 is 2.52 bits per heavy atom. The molecule has 0 aromatic heterocycles. The van der Waals surface area contributed by atoms with Crippen molar-refractivity contribution in [1.82, 2.24) is 15.5 Å². The average molecular weight is 369 g/mol. The van der Waals surface area contributed by atoms with Crippen molar-refractivity contribution in [3.63, 3.8) is 0 Å². The minimum Gasteiger partial charge on any atom is -0.358 e. The van der Waals surface area contributed by atoms with Gasteiger partial charge in [-0.15, -0.1) is 0 Å². The summed E-state index contributed by atoms with van der Waals surface area (Å²) in [7, 11) is 1.61. The van der Waals surface area contributed by atoms with E-state index in [1.54, 1.807) is 19.2 Å². The lowest BCUT2D eigenvalue weighted by Gasteiger charge is -2.31. The largest absolute Gasteiger partial charge is 0.358 e. The van der Waals surface area contributed by atoms with Crippen LogP contribution < -0.4 is 10.6 Å². The molecule has 1 aliphatic rings. The predicted molar refractivity (Wildman–Crippen MR) is 101 cm³/mol. The Balaban J connectivity index is 1.73. The number of amides is 2. The van der Waals surface area contributed by atoms with Crippen LogP contribution in [0.2, 0.25) is 0 Å². The van der Waals surface area contributed by atoms with E-state index in [1.807, 2.05) is 35.2 Å². The zero-order valence-electron chi connectivity index (χ0n) is 15.3. The molecule has 1 aliphatic heterocycles. The van der Waals surface area contributed by atoms with Crippen molar-refractivity contribution < 1.29 is 14.0 Å². The second-order valence-electron chi connectivity index (χ2n) is 6.67. The third-order valence-corrected chi connectivity index (χ3v) is 4.92. The molecule has 1 saturated heterocycles. The molecular formula is C21H24FN3O2. The minimum absolute atomic E-state index is 0.110. The van der Waals surface area contributed by atoms with E-state index in [1.165, 1.54) is 12.1 Å². The fraction of sp³-hybridized carbons (Fsp3) is 0.333. The number of rotatable bonds is 6. The van der Waals surface area contributed by atoms with Gasteiger partial charge in [0.05, 0.1) is 6.04 Å². The number of likely N-dealkylation sites (N-methyl/N-ethyl adjacent to an activating group) is 1. The average Bonchev–Trinajstić information content (AvgIpc) is 3.17. The Morgan fingerprint density at radius 1 is 1.15 bits per heavy atom. The van der Waals surface area contributed by atoms with Gasteiger partial charge in [-0.1, -0.05) is 42.5 Å². The Labute approximate surface area is 158 Å². The lowest BCUT2D eigenvalue weighted by atomic mass is 10.0. The maximum Gasteiger partial charge on any atom is 0.241 e. The van der Waals surface area contributed by atoms with Gasteiger partial charge in [-0.2, -0.15) is 0 Å². The van der Waals surface area contributed by atoms with Gasteiger partial charge in [0.15, 0.2) is 0 Å². The molecule has 2 N–H and O–H groups in total. The maximum absolute atomic E-state index is 13.0. The highest BCUT2D eigenvalue weighted by Crippen LogP contribution is 2.30. The molecule has 27 heavy (non-hydrogen) atoms. The summed E-state index contributed by atoms with van der Waals surface area (Å²) in [5.41, 5.74) is 1.70. The SMILES string of the molecule is CNC(=O)C(c1ccccc1)N1CCCC1C(=O)NCc1ccc(F)cc1. The number of benzene rings is 2. The summed E-state index contributed by atoms with van der Waals surface area (Å²) >= 11 is 0. The number of nitrogens with zero attached hydrogens (tertiary/aromatic N) is 1. The lowest BCUT2D eigenvalue weighted by molar-refractivity contribution is -0.131. The number of carbonyl (C=O) groups excluding carboxylic acids is 2. The number of hydrogen-bond acceptors (Lipinski definition) is 3. The molecule has 0 aliphatic carbocycles. The number of carbonyl (C=O) groups is 2. The van der Waals surface area contributed by atoms with E-state index in [9.17, 15) is 14.0 Å². The van der Waals surface area contributed by atoms with Gasteiger partial charge in [-0.3, -0.25) is 14.5 Å². The standard InChI is InChI=1S/C21H24FN3O2/c1-23-21(27)19(16-6-3-2-4-7-16)25-13-5-8-18(25)20(26)24-14-15-9-11-17(22)12-10-15/h2-4,6-7,9-12,18-19H,5,8,13-14H2,1H3,(H,23,27)(H,24,26). The van der Waals surface area contributed by atoms with Crippen LogP contribution in [-0.4, -0.2) is 36.3 Å². The second kappa shape index (κ2) is 8.77. The first-order chi connectivity index (χ1) is 13.1. The van der Waals surface area contributed by atoms with E-state index in [4.69, 9.17) is 0 Å². The van der Waals surface area contributed by atoms with Crippen molar-refractivity contribution in [1.29, 1.82) is 0 Å². The first-order valence-corrected chi connectivity index (χ1v) is 9.14. The number of hydrogen-bond donors (Lipinski definition) is 2. The molecular weight excluding hydrogens is 345 g/mol. The van der Waals surface area contributed by atoms with Gasteiger partial charge in [0.25, 0.3) is 0 Å². The van der Waals surface area contributed by atoms with E-state index in [0.29, 0.717) is 19.5 Å². The molecule has 0 saturated carbocycles. The van der Waals surface area contributed by atoms with Crippen LogP contribution in [0.25, 0.3) is 0 Å². The van der Waals surface area contributed by atoms with Crippen LogP contribution in [0.4, 0.5) is 4.39 Å². The molecule has 2 aromatic carbocycles. The van der Waals surface area contributed by atoms with Crippen molar-refractivity contribution in [2.45, 2.75) is 31.5 Å². The van der Waals surface area contributed by atoms with Gasteiger partial charge in [0.1, 0.15) is 11.9 Å². The number of likely N-dealkylation sites (tertiary alicyclic amines) is 1. The summed E-state index contributed by atoms with van der Waals surface area (Å²) in [5.74, 6) is -0.538. The highest BCUT2D eigenvalue weighted by atomic mass is 19.1. The third-order valence-electron chi connectivity index (χ3n) is 4.92. The van der Waals surface area contributed by atoms with Gasteiger partial charge < -0.3 is 10.6 Å². The van der Waals surface area contributed by atoms with Crippen molar-refractivity contribution in [3.05, 3.63) is 71.5 Å². The fourth-order valence-electron chi connectivity index (χ4n) is 3.55. The first-order valence-electron chi connectivity index (χ1n) is 9.14. The van der Waals surface area contributed by atoms with Crippen LogP contribution in [-0.2, 0) is 16.1 Å². The molecule has 6 heteroatoms. The predicted octanol–water partition coefficient (Wildman–Crippen LogP) is 2.39. The fourth-order valence-corrected chi connectivity index (χ4v) is 3.55. The Hall–Kier alpha value is -2.73. The molecule has 2 aromatic rings. The summed E-state index contributed by atoms with van der Waals surface area (Å²) in [4.78, 5) is 27.3. The molecule has 0 radical (unpaired) electrons. The Morgan fingerprint density at radius 2 is 1.85 bits per heavy atom. The molecule has 2 unspecified atom stereocenters. The minimum atomic E-state index is -0.500. The van der Waals surface area contributed by atoms with Crippen LogP contribution in [0.3, 0.4) is 0 Å². The van der Waals surface area contributed by atoms with Crippen LogP contribution in [0.15, 0.2) is 54.6 Å². The molecule has 1 heterocycles. The third kappa shape index (κ3) is 4.52. The maximum atomic E-state index is 13.0. The summed E-state index contributed by atoms with van der Waals surface area (Å²) < 4.78 is 13.0. The zero-order chi connectivity index (χ0) is 19.2. The van der Waals surface area contributed by atoms with E-state index < -0.39 is 6.04 Å². The van der Waals surface area contributed by atoms with Crippen molar-refractivity contribution in [3.8, 4) is 0 Å². The zero-order valence-corrected chi connectivity index (χ0v) is 15.3.